The summed E-state index contributed by atoms with van der Waals surface area (Å²) in [5, 5.41) is 52.4. The van der Waals surface area contributed by atoms with Gasteiger partial charge in [-0.2, -0.15) is 0 Å². The molecule has 0 radical (unpaired) electrons. The fraction of sp³-hybridized carbons (Fsp3) is 0.920. The fourth-order valence-electron chi connectivity index (χ4n) is 8.78. The average Bonchev–Trinajstić information content (AvgIpc) is 3.23. The van der Waals surface area contributed by atoms with E-state index in [-0.39, 0.29) is 22.3 Å². The molecule has 0 saturated heterocycles. The van der Waals surface area contributed by atoms with Crippen LogP contribution in [-0.4, -0.2) is 56.1 Å². The first-order chi connectivity index (χ1) is 13.8. The van der Waals surface area contributed by atoms with Crippen LogP contribution in [0.5, 0.6) is 0 Å². The van der Waals surface area contributed by atoms with Crippen LogP contribution in [-0.2, 0) is 0 Å². The lowest BCUT2D eigenvalue weighted by molar-refractivity contribution is -0.148. The summed E-state index contributed by atoms with van der Waals surface area (Å²) in [6.45, 7) is 9.92. The first kappa shape index (κ1) is 22.7. The molecule has 5 nitrogen and oxygen atoms in total. The third-order valence-corrected chi connectivity index (χ3v) is 10.1. The highest BCUT2D eigenvalue weighted by molar-refractivity contribution is 5.38. The van der Waals surface area contributed by atoms with Gasteiger partial charge in [-0.15, -0.1) is 0 Å². The highest BCUT2D eigenvalue weighted by Crippen LogP contribution is 2.74. The van der Waals surface area contributed by atoms with E-state index < -0.39 is 24.4 Å². The van der Waals surface area contributed by atoms with Crippen LogP contribution < -0.4 is 0 Å². The lowest BCUT2D eigenvalue weighted by Gasteiger charge is -2.55. The second kappa shape index (κ2) is 7.02. The van der Waals surface area contributed by atoms with Crippen molar-refractivity contribution in [2.24, 2.45) is 39.9 Å². The predicted octanol–water partition coefficient (Wildman–Crippen LogP) is 2.64. The topological polar surface area (TPSA) is 101 Å². The second-order valence-electron chi connectivity index (χ2n) is 12.1. The Morgan fingerprint density at radius 3 is 2.47 bits per heavy atom. The second-order valence-corrected chi connectivity index (χ2v) is 12.1. The summed E-state index contributed by atoms with van der Waals surface area (Å²) < 4.78 is 0. The summed E-state index contributed by atoms with van der Waals surface area (Å²) in [4.78, 5) is 0. The molecular weight excluding hydrogens is 380 g/mol. The monoisotopic (exact) mass is 422 g/mol. The molecule has 0 amide bonds. The summed E-state index contributed by atoms with van der Waals surface area (Å²) in [5.41, 5.74) is -0.551. The summed E-state index contributed by atoms with van der Waals surface area (Å²) in [6.07, 6.45) is 5.16. The summed E-state index contributed by atoms with van der Waals surface area (Å²) in [6, 6.07) is 0. The van der Waals surface area contributed by atoms with Crippen molar-refractivity contribution in [3.05, 3.63) is 11.6 Å². The van der Waals surface area contributed by atoms with Gasteiger partial charge in [-0.25, -0.2) is 0 Å². The minimum Gasteiger partial charge on any atom is -0.393 e. The molecule has 0 aromatic carbocycles. The molecule has 172 valence electrons. The van der Waals surface area contributed by atoms with Gasteiger partial charge in [0.2, 0.25) is 0 Å². The maximum absolute atomic E-state index is 11.3. The van der Waals surface area contributed by atoms with Crippen LogP contribution in [0, 0.1) is 39.9 Å². The molecule has 3 saturated carbocycles. The van der Waals surface area contributed by atoms with Gasteiger partial charge >= 0.3 is 0 Å². The number of fused-ring (bicyclic) bond motifs is 2. The largest absolute Gasteiger partial charge is 0.393 e. The molecule has 30 heavy (non-hydrogen) atoms. The number of hydrogen-bond acceptors (Lipinski definition) is 5. The Hall–Kier alpha value is -0.460. The van der Waals surface area contributed by atoms with Crippen LogP contribution in [0.4, 0.5) is 0 Å². The standard InChI is InChI=1S/C25H42O5/c1-14-10-19(28)25-15(2)6-7-16(25)20-22(3,11-17(14)25)8-9-23(20,4)12-18(27)21(29)24(5,30)13-26/h11,14-16,18-21,26-30H,6-10,12-13H2,1-5H3/t14-,15-,16-,18-,19+,20-,21-,22+,23+,24?,25+/m0/s1. The van der Waals surface area contributed by atoms with Crippen molar-refractivity contribution < 1.29 is 25.5 Å². The fourth-order valence-corrected chi connectivity index (χ4v) is 8.78. The van der Waals surface area contributed by atoms with E-state index >= 15 is 0 Å². The Kier molecular flexibility index (Phi) is 5.32. The van der Waals surface area contributed by atoms with Gasteiger partial charge in [-0.05, 0) is 80.0 Å². The van der Waals surface area contributed by atoms with Crippen molar-refractivity contribution in [3.63, 3.8) is 0 Å². The van der Waals surface area contributed by atoms with Gasteiger partial charge in [0.25, 0.3) is 0 Å². The van der Waals surface area contributed by atoms with Crippen LogP contribution in [0.15, 0.2) is 11.6 Å². The van der Waals surface area contributed by atoms with Crippen LogP contribution in [0.2, 0.25) is 0 Å². The molecule has 4 aliphatic rings. The van der Waals surface area contributed by atoms with E-state index in [0.29, 0.717) is 30.1 Å². The molecule has 0 aliphatic heterocycles. The summed E-state index contributed by atoms with van der Waals surface area (Å²) in [5.74, 6) is 1.57. The molecule has 1 unspecified atom stereocenters. The zero-order valence-electron chi connectivity index (χ0n) is 19.3. The van der Waals surface area contributed by atoms with Gasteiger partial charge in [-0.1, -0.05) is 39.3 Å². The minimum absolute atomic E-state index is 0.0325. The first-order valence-corrected chi connectivity index (χ1v) is 11.9. The van der Waals surface area contributed by atoms with Gasteiger partial charge < -0.3 is 25.5 Å². The average molecular weight is 423 g/mol. The summed E-state index contributed by atoms with van der Waals surface area (Å²) >= 11 is 0. The molecular formula is C25H42O5. The van der Waals surface area contributed by atoms with Crippen molar-refractivity contribution in [3.8, 4) is 0 Å². The van der Waals surface area contributed by atoms with Crippen LogP contribution >= 0.6 is 0 Å². The van der Waals surface area contributed by atoms with E-state index in [1.807, 2.05) is 0 Å². The molecule has 4 aliphatic carbocycles. The lowest BCUT2D eigenvalue weighted by Crippen LogP contribution is -2.54. The Bertz CT molecular complexity index is 718. The van der Waals surface area contributed by atoms with E-state index in [1.54, 1.807) is 0 Å². The van der Waals surface area contributed by atoms with Crippen molar-refractivity contribution in [2.75, 3.05) is 6.61 Å². The Balaban J connectivity index is 1.72. The molecule has 5 N–H and O–H groups in total. The molecule has 1 spiro atoms. The molecule has 5 heteroatoms. The zero-order chi connectivity index (χ0) is 22.3. The Labute approximate surface area is 181 Å². The number of rotatable bonds is 5. The van der Waals surface area contributed by atoms with E-state index in [1.165, 1.54) is 12.5 Å². The maximum Gasteiger partial charge on any atom is 0.113 e. The lowest BCUT2D eigenvalue weighted by atomic mass is 9.49. The maximum atomic E-state index is 11.3. The van der Waals surface area contributed by atoms with Gasteiger partial charge in [0, 0.05) is 5.41 Å². The highest BCUT2D eigenvalue weighted by Gasteiger charge is 2.69. The number of aliphatic hydroxyl groups excluding tert-OH is 4. The van der Waals surface area contributed by atoms with Crippen LogP contribution in [0.1, 0.15) is 73.1 Å². The quantitative estimate of drug-likeness (QED) is 0.439. The third kappa shape index (κ3) is 2.85. The molecule has 4 rings (SSSR count). The highest BCUT2D eigenvalue weighted by atomic mass is 16.4. The van der Waals surface area contributed by atoms with Crippen LogP contribution in [0.3, 0.4) is 0 Å². The van der Waals surface area contributed by atoms with Crippen molar-refractivity contribution in [1.29, 1.82) is 0 Å². The normalized spacial score (nSPS) is 51.5. The third-order valence-electron chi connectivity index (χ3n) is 10.1. The SMILES string of the molecule is C[C@H]1C[C@@H](O)[C@@]23C1=C[C@@]1(C)CC[C@](C)(C[C@H](O)[C@H](O)C(C)(O)CO)[C@H]1[C@@H]2CC[C@@H]3C. The molecule has 0 aromatic heterocycles. The van der Waals surface area contributed by atoms with Crippen molar-refractivity contribution in [2.45, 2.75) is 97.1 Å². The van der Waals surface area contributed by atoms with E-state index in [2.05, 4.69) is 33.8 Å². The van der Waals surface area contributed by atoms with Crippen molar-refractivity contribution >= 4 is 0 Å². The minimum atomic E-state index is -1.72. The van der Waals surface area contributed by atoms with Gasteiger partial charge in [0.05, 0.1) is 18.8 Å². The number of aliphatic hydroxyl groups is 5. The molecule has 0 aromatic rings. The van der Waals surface area contributed by atoms with Gasteiger partial charge in [0.1, 0.15) is 11.7 Å². The zero-order valence-corrected chi connectivity index (χ0v) is 19.3. The molecule has 3 fully saturated rings. The molecule has 11 atom stereocenters. The van der Waals surface area contributed by atoms with Gasteiger partial charge in [0.15, 0.2) is 0 Å². The molecule has 0 heterocycles. The Morgan fingerprint density at radius 1 is 1.17 bits per heavy atom. The van der Waals surface area contributed by atoms with E-state index in [4.69, 9.17) is 0 Å². The number of allylic oxidation sites excluding steroid dienone is 1. The van der Waals surface area contributed by atoms with E-state index in [0.717, 1.165) is 32.1 Å². The van der Waals surface area contributed by atoms with Crippen LogP contribution in [0.25, 0.3) is 0 Å². The first-order valence-electron chi connectivity index (χ1n) is 11.9. The summed E-state index contributed by atoms with van der Waals surface area (Å²) in [7, 11) is 0. The van der Waals surface area contributed by atoms with Gasteiger partial charge in [-0.3, -0.25) is 0 Å². The predicted molar refractivity (Wildman–Crippen MR) is 115 cm³/mol. The van der Waals surface area contributed by atoms with E-state index in [9.17, 15) is 25.5 Å². The smallest absolute Gasteiger partial charge is 0.113 e. The number of hydrogen-bond donors (Lipinski definition) is 5. The molecule has 0 bridgehead atoms. The van der Waals surface area contributed by atoms with Crippen molar-refractivity contribution in [1.82, 2.24) is 0 Å². The Morgan fingerprint density at radius 2 is 1.83 bits per heavy atom.